The van der Waals surface area contributed by atoms with Crippen LogP contribution < -0.4 is 0 Å². The molecule has 2 aliphatic rings. The molecule has 0 N–H and O–H groups in total. The van der Waals surface area contributed by atoms with Gasteiger partial charge in [-0.3, -0.25) is 0 Å². The first-order chi connectivity index (χ1) is 6.11. The molecule has 13 heavy (non-hydrogen) atoms. The third-order valence-electron chi connectivity index (χ3n) is 4.15. The topological polar surface area (TPSA) is 3.24 Å². The second-order valence-corrected chi connectivity index (χ2v) is 5.64. The first kappa shape index (κ1) is 9.51. The van der Waals surface area contributed by atoms with Crippen LogP contribution in [0.3, 0.4) is 0 Å². The van der Waals surface area contributed by atoms with Crippen LogP contribution >= 0.6 is 0 Å². The second kappa shape index (κ2) is 3.27. The SMILES string of the molecule is CC1CC2(CCN(C(C)C)CC2)C1. The molecule has 0 bridgehead atoms. The summed E-state index contributed by atoms with van der Waals surface area (Å²) in [6, 6.07) is 0.759. The zero-order valence-corrected chi connectivity index (χ0v) is 9.34. The van der Waals surface area contributed by atoms with Gasteiger partial charge in [0.15, 0.2) is 0 Å². The Balaban J connectivity index is 1.83. The molecule has 0 atom stereocenters. The predicted octanol–water partition coefficient (Wildman–Crippen LogP) is 2.91. The zero-order chi connectivity index (χ0) is 9.47. The van der Waals surface area contributed by atoms with Crippen molar-refractivity contribution < 1.29 is 0 Å². The number of hydrogen-bond donors (Lipinski definition) is 0. The van der Waals surface area contributed by atoms with E-state index in [2.05, 4.69) is 25.7 Å². The quantitative estimate of drug-likeness (QED) is 0.601. The summed E-state index contributed by atoms with van der Waals surface area (Å²) >= 11 is 0. The van der Waals surface area contributed by atoms with Gasteiger partial charge >= 0.3 is 0 Å². The number of nitrogens with zero attached hydrogens (tertiary/aromatic N) is 1. The van der Waals surface area contributed by atoms with E-state index < -0.39 is 0 Å². The van der Waals surface area contributed by atoms with Crippen molar-refractivity contribution in [3.63, 3.8) is 0 Å². The highest BCUT2D eigenvalue weighted by Crippen LogP contribution is 2.52. The van der Waals surface area contributed by atoms with Crippen molar-refractivity contribution in [2.45, 2.75) is 52.5 Å². The monoisotopic (exact) mass is 181 g/mol. The fraction of sp³-hybridized carbons (Fsp3) is 1.00. The van der Waals surface area contributed by atoms with Crippen LogP contribution in [0, 0.1) is 11.3 Å². The molecule has 1 saturated heterocycles. The lowest BCUT2D eigenvalue weighted by atomic mass is 9.58. The van der Waals surface area contributed by atoms with Gasteiger partial charge in [0.25, 0.3) is 0 Å². The van der Waals surface area contributed by atoms with Crippen molar-refractivity contribution >= 4 is 0 Å². The molecule has 0 aromatic rings. The van der Waals surface area contributed by atoms with Gasteiger partial charge in [-0.1, -0.05) is 6.92 Å². The van der Waals surface area contributed by atoms with E-state index in [4.69, 9.17) is 0 Å². The highest BCUT2D eigenvalue weighted by molar-refractivity contribution is 4.95. The minimum atomic E-state index is 0.759. The van der Waals surface area contributed by atoms with Gasteiger partial charge in [0, 0.05) is 6.04 Å². The van der Waals surface area contributed by atoms with E-state index >= 15 is 0 Å². The maximum absolute atomic E-state index is 2.63. The molecular weight excluding hydrogens is 158 g/mol. The largest absolute Gasteiger partial charge is 0.301 e. The molecule has 0 aromatic heterocycles. The van der Waals surface area contributed by atoms with Crippen molar-refractivity contribution in [1.29, 1.82) is 0 Å². The molecule has 1 nitrogen and oxygen atoms in total. The van der Waals surface area contributed by atoms with Crippen molar-refractivity contribution in [3.05, 3.63) is 0 Å². The van der Waals surface area contributed by atoms with Crippen LogP contribution in [0.2, 0.25) is 0 Å². The van der Waals surface area contributed by atoms with Gasteiger partial charge in [0.05, 0.1) is 0 Å². The minimum absolute atomic E-state index is 0.759. The fourth-order valence-electron chi connectivity index (χ4n) is 3.34. The van der Waals surface area contributed by atoms with Crippen molar-refractivity contribution in [1.82, 2.24) is 4.90 Å². The van der Waals surface area contributed by atoms with Gasteiger partial charge in [0.1, 0.15) is 0 Å². The van der Waals surface area contributed by atoms with Crippen molar-refractivity contribution in [3.8, 4) is 0 Å². The highest BCUT2D eigenvalue weighted by Gasteiger charge is 2.43. The molecule has 0 aromatic carbocycles. The van der Waals surface area contributed by atoms with E-state index in [1.54, 1.807) is 0 Å². The molecule has 0 unspecified atom stereocenters. The fourth-order valence-corrected chi connectivity index (χ4v) is 3.34. The third kappa shape index (κ3) is 1.76. The lowest BCUT2D eigenvalue weighted by Crippen LogP contribution is -2.48. The van der Waals surface area contributed by atoms with Gasteiger partial charge in [-0.05, 0) is 64.0 Å². The minimum Gasteiger partial charge on any atom is -0.301 e. The van der Waals surface area contributed by atoms with Gasteiger partial charge in [-0.25, -0.2) is 0 Å². The molecule has 2 rings (SSSR count). The Bertz CT molecular complexity index is 170. The first-order valence-corrected chi connectivity index (χ1v) is 5.85. The molecule has 1 aliphatic heterocycles. The van der Waals surface area contributed by atoms with Crippen molar-refractivity contribution in [2.75, 3.05) is 13.1 Å². The van der Waals surface area contributed by atoms with Gasteiger partial charge < -0.3 is 4.90 Å². The average molecular weight is 181 g/mol. The van der Waals surface area contributed by atoms with Crippen LogP contribution in [0.5, 0.6) is 0 Å². The standard InChI is InChI=1S/C12H23N/c1-10(2)13-6-4-12(5-7-13)8-11(3)9-12/h10-11H,4-9H2,1-3H3. The summed E-state index contributed by atoms with van der Waals surface area (Å²) in [6.45, 7) is 9.75. The van der Waals surface area contributed by atoms with Crippen LogP contribution in [0.4, 0.5) is 0 Å². The predicted molar refractivity (Wildman–Crippen MR) is 56.8 cm³/mol. The lowest BCUT2D eigenvalue weighted by molar-refractivity contribution is -0.0137. The Kier molecular flexibility index (Phi) is 2.39. The Hall–Kier alpha value is -0.0400. The summed E-state index contributed by atoms with van der Waals surface area (Å²) < 4.78 is 0. The van der Waals surface area contributed by atoms with E-state index in [-0.39, 0.29) is 0 Å². The molecule has 0 radical (unpaired) electrons. The number of likely N-dealkylation sites (tertiary alicyclic amines) is 1. The summed E-state index contributed by atoms with van der Waals surface area (Å²) in [5, 5.41) is 0. The number of hydrogen-bond acceptors (Lipinski definition) is 1. The first-order valence-electron chi connectivity index (χ1n) is 5.85. The van der Waals surface area contributed by atoms with Crippen LogP contribution in [0.1, 0.15) is 46.5 Å². The lowest BCUT2D eigenvalue weighted by Gasteiger charge is -2.52. The van der Waals surface area contributed by atoms with E-state index in [9.17, 15) is 0 Å². The average Bonchev–Trinajstić information content (AvgIpc) is 2.03. The van der Waals surface area contributed by atoms with Crippen LogP contribution in [0.15, 0.2) is 0 Å². The highest BCUT2D eigenvalue weighted by atomic mass is 15.2. The maximum atomic E-state index is 2.63. The Labute approximate surface area is 82.5 Å². The molecule has 76 valence electrons. The molecule has 0 amide bonds. The van der Waals surface area contributed by atoms with E-state index in [0.29, 0.717) is 0 Å². The van der Waals surface area contributed by atoms with Gasteiger partial charge in [-0.2, -0.15) is 0 Å². The van der Waals surface area contributed by atoms with E-state index in [1.165, 1.54) is 38.8 Å². The third-order valence-corrected chi connectivity index (χ3v) is 4.15. The zero-order valence-electron chi connectivity index (χ0n) is 9.34. The van der Waals surface area contributed by atoms with Crippen LogP contribution in [-0.2, 0) is 0 Å². The van der Waals surface area contributed by atoms with Crippen LogP contribution in [-0.4, -0.2) is 24.0 Å². The van der Waals surface area contributed by atoms with E-state index in [0.717, 1.165) is 17.4 Å². The van der Waals surface area contributed by atoms with Gasteiger partial charge in [0.2, 0.25) is 0 Å². The Morgan fingerprint density at radius 1 is 1.15 bits per heavy atom. The summed E-state index contributed by atoms with van der Waals surface area (Å²) in [5.74, 6) is 1.02. The Morgan fingerprint density at radius 2 is 1.69 bits per heavy atom. The molecule has 1 heteroatoms. The van der Waals surface area contributed by atoms with Crippen molar-refractivity contribution in [2.24, 2.45) is 11.3 Å². The van der Waals surface area contributed by atoms with Gasteiger partial charge in [-0.15, -0.1) is 0 Å². The molecule has 1 aliphatic carbocycles. The van der Waals surface area contributed by atoms with E-state index in [1.807, 2.05) is 0 Å². The normalized spacial score (nSPS) is 29.5. The summed E-state index contributed by atoms with van der Waals surface area (Å²) in [5.41, 5.74) is 0.796. The smallest absolute Gasteiger partial charge is 0.00385 e. The molecule has 1 spiro atoms. The molecule has 2 fully saturated rings. The number of rotatable bonds is 1. The summed E-state index contributed by atoms with van der Waals surface area (Å²) in [6.07, 6.45) is 5.96. The molecule has 1 heterocycles. The summed E-state index contributed by atoms with van der Waals surface area (Å²) in [7, 11) is 0. The summed E-state index contributed by atoms with van der Waals surface area (Å²) in [4.78, 5) is 2.63. The maximum Gasteiger partial charge on any atom is 0.00385 e. The van der Waals surface area contributed by atoms with Crippen LogP contribution in [0.25, 0.3) is 0 Å². The number of piperidine rings is 1. The molecular formula is C12H23N. The molecule has 1 saturated carbocycles. The second-order valence-electron chi connectivity index (χ2n) is 5.64. The Morgan fingerprint density at radius 3 is 2.08 bits per heavy atom.